The second kappa shape index (κ2) is 5.79. The van der Waals surface area contributed by atoms with E-state index in [0.29, 0.717) is 0 Å². The van der Waals surface area contributed by atoms with Crippen LogP contribution in [0.2, 0.25) is 0 Å². The van der Waals surface area contributed by atoms with Crippen LogP contribution in [0.5, 0.6) is 0 Å². The zero-order valence-electron chi connectivity index (χ0n) is 11.5. The van der Waals surface area contributed by atoms with E-state index in [1.165, 1.54) is 24.4 Å². The molecule has 0 bridgehead atoms. The maximum absolute atomic E-state index is 13.7. The molecule has 0 aliphatic rings. The molecule has 2 aromatic carbocycles. The predicted molar refractivity (Wildman–Crippen MR) is 74.9 cm³/mol. The van der Waals surface area contributed by atoms with E-state index in [9.17, 15) is 22.0 Å². The van der Waals surface area contributed by atoms with Crippen molar-refractivity contribution in [2.24, 2.45) is 0 Å². The van der Waals surface area contributed by atoms with Crippen molar-refractivity contribution in [3.8, 4) is 22.4 Å². The van der Waals surface area contributed by atoms with Crippen molar-refractivity contribution in [2.75, 3.05) is 0 Å². The summed E-state index contributed by atoms with van der Waals surface area (Å²) in [4.78, 5) is 3.96. The summed E-state index contributed by atoms with van der Waals surface area (Å²) >= 11 is 0. The van der Waals surface area contributed by atoms with Crippen LogP contribution in [0.25, 0.3) is 22.4 Å². The summed E-state index contributed by atoms with van der Waals surface area (Å²) in [5.41, 5.74) is 0.313. The molecule has 0 saturated carbocycles. The predicted octanol–water partition coefficient (Wildman–Crippen LogP) is 5.11. The first kappa shape index (κ1) is 15.1. The third kappa shape index (κ3) is 2.79. The van der Waals surface area contributed by atoms with Crippen molar-refractivity contribution in [3.63, 3.8) is 0 Å². The molecular weight excluding hydrogens is 313 g/mol. The molecule has 3 aromatic rings. The van der Waals surface area contributed by atoms with E-state index in [1.807, 2.05) is 0 Å². The number of hydrogen-bond acceptors (Lipinski definition) is 1. The van der Waals surface area contributed by atoms with Crippen LogP contribution >= 0.6 is 0 Å². The van der Waals surface area contributed by atoms with E-state index >= 15 is 0 Å². The van der Waals surface area contributed by atoms with Gasteiger partial charge in [0, 0.05) is 29.0 Å². The van der Waals surface area contributed by atoms with Crippen molar-refractivity contribution in [1.29, 1.82) is 0 Å². The third-order valence-corrected chi connectivity index (χ3v) is 3.32. The van der Waals surface area contributed by atoms with Gasteiger partial charge in [0.25, 0.3) is 0 Å². The zero-order chi connectivity index (χ0) is 16.6. The fourth-order valence-corrected chi connectivity index (χ4v) is 2.16. The maximum atomic E-state index is 13.7. The van der Waals surface area contributed by atoms with Crippen LogP contribution < -0.4 is 0 Å². The highest BCUT2D eigenvalue weighted by Gasteiger charge is 2.15. The number of benzene rings is 2. The fraction of sp³-hybridized carbons (Fsp3) is 0. The molecule has 0 unspecified atom stereocenters. The maximum Gasteiger partial charge on any atom is 0.195 e. The lowest BCUT2D eigenvalue weighted by Gasteiger charge is -2.07. The van der Waals surface area contributed by atoms with Gasteiger partial charge < -0.3 is 0 Å². The quantitative estimate of drug-likeness (QED) is 0.472. The molecule has 1 heterocycles. The molecule has 0 radical (unpaired) electrons. The summed E-state index contributed by atoms with van der Waals surface area (Å²) in [6, 6.07) is 7.70. The van der Waals surface area contributed by atoms with E-state index in [0.717, 1.165) is 24.3 Å². The van der Waals surface area contributed by atoms with E-state index in [-0.39, 0.29) is 22.4 Å². The summed E-state index contributed by atoms with van der Waals surface area (Å²) in [6.07, 6.45) is 1.20. The number of hydrogen-bond donors (Lipinski definition) is 0. The smallest absolute Gasteiger partial charge is 0.195 e. The van der Waals surface area contributed by atoms with E-state index in [1.54, 1.807) is 0 Å². The normalized spacial score (nSPS) is 10.8. The molecule has 0 fully saturated rings. The molecule has 23 heavy (non-hydrogen) atoms. The minimum atomic E-state index is -1.57. The second-order valence-electron chi connectivity index (χ2n) is 4.78. The van der Waals surface area contributed by atoms with Crippen LogP contribution in [0, 0.1) is 29.1 Å². The van der Waals surface area contributed by atoms with Crippen molar-refractivity contribution < 1.29 is 22.0 Å². The number of nitrogens with zero attached hydrogens (tertiary/aromatic N) is 1. The van der Waals surface area contributed by atoms with Crippen LogP contribution in [0.15, 0.2) is 48.7 Å². The first-order chi connectivity index (χ1) is 11.0. The van der Waals surface area contributed by atoms with E-state index in [4.69, 9.17) is 0 Å². The molecule has 1 aromatic heterocycles. The molecule has 0 spiro atoms. The molecule has 116 valence electrons. The van der Waals surface area contributed by atoms with Gasteiger partial charge in [-0.25, -0.2) is 22.0 Å². The van der Waals surface area contributed by atoms with Crippen molar-refractivity contribution in [1.82, 2.24) is 4.98 Å². The van der Waals surface area contributed by atoms with E-state index in [2.05, 4.69) is 4.98 Å². The Morgan fingerprint density at radius 3 is 2.04 bits per heavy atom. The van der Waals surface area contributed by atoms with Crippen LogP contribution in [0.3, 0.4) is 0 Å². The Bertz CT molecular complexity index is 875. The van der Waals surface area contributed by atoms with E-state index < -0.39 is 29.1 Å². The van der Waals surface area contributed by atoms with Crippen LogP contribution in [0.1, 0.15) is 0 Å². The van der Waals surface area contributed by atoms with Crippen LogP contribution in [0.4, 0.5) is 22.0 Å². The van der Waals surface area contributed by atoms with Gasteiger partial charge in [0.05, 0.1) is 5.69 Å². The number of pyridine rings is 1. The highest BCUT2D eigenvalue weighted by Crippen LogP contribution is 2.28. The van der Waals surface area contributed by atoms with Gasteiger partial charge in [-0.2, -0.15) is 0 Å². The van der Waals surface area contributed by atoms with Crippen LogP contribution in [-0.2, 0) is 0 Å². The molecular formula is C17H8F5N. The van der Waals surface area contributed by atoms with Gasteiger partial charge in [-0.3, -0.25) is 4.98 Å². The largest absolute Gasteiger partial charge is 0.256 e. The molecule has 3 rings (SSSR count). The average Bonchev–Trinajstić information content (AvgIpc) is 2.53. The standard InChI is InChI=1S/C17H8F5N/c18-10-2-3-12(14(20)7-10)15-6-1-9(8-23-15)11-4-5-13(19)17(22)16(11)21/h1-8H. The first-order valence-corrected chi connectivity index (χ1v) is 6.52. The van der Waals surface area contributed by atoms with Gasteiger partial charge in [-0.1, -0.05) is 6.07 Å². The molecule has 1 nitrogen and oxygen atoms in total. The molecule has 0 saturated heterocycles. The third-order valence-electron chi connectivity index (χ3n) is 3.32. The minimum absolute atomic E-state index is 0.0729. The highest BCUT2D eigenvalue weighted by molar-refractivity contribution is 5.67. The summed E-state index contributed by atoms with van der Waals surface area (Å²) in [5, 5.41) is 0. The molecule has 0 aliphatic heterocycles. The van der Waals surface area contributed by atoms with Gasteiger partial charge in [0.15, 0.2) is 17.5 Å². The van der Waals surface area contributed by atoms with Gasteiger partial charge >= 0.3 is 0 Å². The molecule has 6 heteroatoms. The summed E-state index contributed by atoms with van der Waals surface area (Å²) in [5.74, 6) is -5.69. The Balaban J connectivity index is 2.01. The molecule has 0 atom stereocenters. The lowest BCUT2D eigenvalue weighted by Crippen LogP contribution is -1.95. The van der Waals surface area contributed by atoms with Gasteiger partial charge in [-0.15, -0.1) is 0 Å². The first-order valence-electron chi connectivity index (χ1n) is 6.52. The Labute approximate surface area is 128 Å². The van der Waals surface area contributed by atoms with Crippen molar-refractivity contribution in [2.45, 2.75) is 0 Å². The fourth-order valence-electron chi connectivity index (χ4n) is 2.16. The topological polar surface area (TPSA) is 12.9 Å². The zero-order valence-corrected chi connectivity index (χ0v) is 11.5. The Morgan fingerprint density at radius 1 is 0.652 bits per heavy atom. The summed E-state index contributed by atoms with van der Waals surface area (Å²) in [6.45, 7) is 0. The second-order valence-corrected chi connectivity index (χ2v) is 4.78. The van der Waals surface area contributed by atoms with Gasteiger partial charge in [0.2, 0.25) is 0 Å². The van der Waals surface area contributed by atoms with Gasteiger partial charge in [-0.05, 0) is 30.3 Å². The van der Waals surface area contributed by atoms with Crippen LogP contribution in [-0.4, -0.2) is 4.98 Å². The lowest BCUT2D eigenvalue weighted by atomic mass is 10.0. The summed E-state index contributed by atoms with van der Waals surface area (Å²) < 4.78 is 66.5. The van der Waals surface area contributed by atoms with Crippen molar-refractivity contribution in [3.05, 3.63) is 77.7 Å². The Kier molecular flexibility index (Phi) is 3.82. The molecule has 0 amide bonds. The Hall–Kier alpha value is -2.76. The average molecular weight is 321 g/mol. The van der Waals surface area contributed by atoms with Crippen molar-refractivity contribution >= 4 is 0 Å². The lowest BCUT2D eigenvalue weighted by molar-refractivity contribution is 0.449. The highest BCUT2D eigenvalue weighted by atomic mass is 19.2. The number of rotatable bonds is 2. The number of aromatic nitrogens is 1. The monoisotopic (exact) mass is 321 g/mol. The minimum Gasteiger partial charge on any atom is -0.256 e. The molecule has 0 N–H and O–H groups in total. The molecule has 0 aliphatic carbocycles. The van der Waals surface area contributed by atoms with Gasteiger partial charge in [0.1, 0.15) is 11.6 Å². The summed E-state index contributed by atoms with van der Waals surface area (Å²) in [7, 11) is 0. The number of halogens is 5. The Morgan fingerprint density at radius 2 is 1.39 bits per heavy atom. The SMILES string of the molecule is Fc1ccc(-c2ccc(-c3ccc(F)c(F)c3F)cn2)c(F)c1.